The number of thiophene rings is 2. The molecular formula is C63H77N5O19S4. The number of Topliss-reactive ketones (excluding diaryl/α,β-unsaturated/α-hetero) is 1. The molecule has 0 aliphatic carbocycles. The maximum absolute atomic E-state index is 13.0. The van der Waals surface area contributed by atoms with Crippen LogP contribution >= 0.6 is 46.2 Å². The Hall–Kier alpha value is -6.48. The molecule has 2 aliphatic heterocycles. The number of aliphatic carboxylic acids is 1. The second-order valence-corrected chi connectivity index (χ2v) is 25.9. The Bertz CT molecular complexity index is 3180. The quantitative estimate of drug-likeness (QED) is 0.0157. The van der Waals surface area contributed by atoms with E-state index in [0.717, 1.165) is 29.2 Å². The Morgan fingerprint density at radius 3 is 1.49 bits per heavy atom. The van der Waals surface area contributed by atoms with Gasteiger partial charge in [-0.2, -0.15) is 46.2 Å². The van der Waals surface area contributed by atoms with Crippen LogP contribution in [0.3, 0.4) is 0 Å². The fourth-order valence-electron chi connectivity index (χ4n) is 10.2. The fourth-order valence-corrected chi connectivity index (χ4v) is 13.2. The number of benzene rings is 3. The molecule has 2 aliphatic rings. The first-order valence-corrected chi connectivity index (χ1v) is 33.7. The number of carboxylic acid groups (broad SMARTS) is 1. The predicted octanol–water partition coefficient (Wildman–Crippen LogP) is 3.40. The number of ether oxygens (including phenoxy) is 4. The van der Waals surface area contributed by atoms with E-state index in [4.69, 9.17) is 18.9 Å². The van der Waals surface area contributed by atoms with E-state index in [1.54, 1.807) is 84.1 Å². The number of hydrogen-bond acceptors (Lipinski definition) is 22. The summed E-state index contributed by atoms with van der Waals surface area (Å²) in [5.41, 5.74) is 5.18. The molecule has 5 amide bonds. The molecule has 0 radical (unpaired) electrons. The fraction of sp³-hybridized carbons (Fsp3) is 0.460. The van der Waals surface area contributed by atoms with Gasteiger partial charge in [-0.05, 0) is 129 Å². The third-order valence-corrected chi connectivity index (χ3v) is 18.7. The van der Waals surface area contributed by atoms with Crippen LogP contribution in [0.25, 0.3) is 22.3 Å². The number of carbonyl (C=O) groups is 8. The maximum Gasteiger partial charge on any atom is 0.364 e. The van der Waals surface area contributed by atoms with Crippen molar-refractivity contribution in [1.29, 1.82) is 0 Å². The molecular weight excluding hydrogens is 1260 g/mol. The molecule has 4 heterocycles. The van der Waals surface area contributed by atoms with Crippen LogP contribution in [-0.4, -0.2) is 212 Å². The van der Waals surface area contributed by atoms with Gasteiger partial charge in [-0.1, -0.05) is 36.4 Å². The molecule has 0 spiro atoms. The lowest BCUT2D eigenvalue weighted by molar-refractivity contribution is -0.310. The van der Waals surface area contributed by atoms with E-state index in [-0.39, 0.29) is 36.9 Å². The van der Waals surface area contributed by atoms with Crippen molar-refractivity contribution in [3.63, 3.8) is 0 Å². The van der Waals surface area contributed by atoms with Crippen molar-refractivity contribution >= 4 is 93.8 Å². The average molecular weight is 1340 g/mol. The van der Waals surface area contributed by atoms with Crippen molar-refractivity contribution in [1.82, 2.24) is 26.6 Å². The van der Waals surface area contributed by atoms with Crippen LogP contribution in [0.15, 0.2) is 106 Å². The van der Waals surface area contributed by atoms with Gasteiger partial charge in [0, 0.05) is 80.8 Å². The Balaban J connectivity index is 0.763. The van der Waals surface area contributed by atoms with E-state index >= 15 is 0 Å². The Morgan fingerprint density at radius 1 is 0.582 bits per heavy atom. The molecule has 492 valence electrons. The molecule has 24 nitrogen and oxygen atoms in total. The molecule has 2 aromatic heterocycles. The summed E-state index contributed by atoms with van der Waals surface area (Å²) in [6, 6.07) is 21.1. The first kappa shape index (κ1) is 72.0. The minimum absolute atomic E-state index is 0.0173. The summed E-state index contributed by atoms with van der Waals surface area (Å²) < 4.78 is 23.4. The number of aliphatic hydroxyl groups excluding tert-OH is 6. The lowest BCUT2D eigenvalue weighted by atomic mass is 9.88. The summed E-state index contributed by atoms with van der Waals surface area (Å²) in [5, 5.41) is 97.9. The van der Waals surface area contributed by atoms with Crippen LogP contribution < -0.4 is 26.6 Å². The zero-order valence-corrected chi connectivity index (χ0v) is 53.3. The normalized spacial score (nSPS) is 22.7. The van der Waals surface area contributed by atoms with Gasteiger partial charge < -0.3 is 81.3 Å². The number of aliphatic hydroxyl groups is 6. The highest BCUT2D eigenvalue weighted by Gasteiger charge is 2.56. The molecule has 28 heteroatoms. The summed E-state index contributed by atoms with van der Waals surface area (Å²) in [6.45, 7) is 1.56. The Labute approximate surface area is 542 Å². The summed E-state index contributed by atoms with van der Waals surface area (Å²) in [6.07, 6.45) is -12.5. The lowest BCUT2D eigenvalue weighted by Crippen LogP contribution is -2.68. The molecule has 91 heavy (non-hydrogen) atoms. The molecule has 7 rings (SSSR count). The van der Waals surface area contributed by atoms with Crippen LogP contribution in [0.2, 0.25) is 0 Å². The van der Waals surface area contributed by atoms with Crippen molar-refractivity contribution < 1.29 is 93.0 Å². The average Bonchev–Trinajstić information content (AvgIpc) is 2.09. The van der Waals surface area contributed by atoms with E-state index in [2.05, 4.69) is 26.6 Å². The summed E-state index contributed by atoms with van der Waals surface area (Å²) >= 11 is 6.06. The molecule has 5 aromatic rings. The van der Waals surface area contributed by atoms with E-state index in [9.17, 15) is 74.1 Å². The van der Waals surface area contributed by atoms with Gasteiger partial charge in [0.1, 0.15) is 24.4 Å². The van der Waals surface area contributed by atoms with Gasteiger partial charge in [-0.3, -0.25) is 33.6 Å². The summed E-state index contributed by atoms with van der Waals surface area (Å²) in [5.74, 6) is -6.74. The molecule has 0 saturated carbocycles. The lowest BCUT2D eigenvalue weighted by Gasteiger charge is -2.46. The van der Waals surface area contributed by atoms with Gasteiger partial charge >= 0.3 is 5.97 Å². The second-order valence-electron chi connectivity index (χ2n) is 21.9. The highest BCUT2D eigenvalue weighted by molar-refractivity contribution is 7.99. The zero-order valence-electron chi connectivity index (χ0n) is 50.0. The highest BCUT2D eigenvalue weighted by Crippen LogP contribution is 2.35. The van der Waals surface area contributed by atoms with E-state index in [1.807, 2.05) is 33.7 Å². The maximum atomic E-state index is 13.0. The number of hydrogen-bond donors (Lipinski definition) is 12. The number of carbonyl (C=O) groups excluding carboxylic acids is 7. The van der Waals surface area contributed by atoms with Gasteiger partial charge in [0.05, 0.1) is 49.7 Å². The van der Waals surface area contributed by atoms with Crippen LogP contribution in [0.1, 0.15) is 93.8 Å². The van der Waals surface area contributed by atoms with Crippen LogP contribution in [0.5, 0.6) is 0 Å². The standard InChI is InChI=1S/C63H77N5O19S4/c1-37(70)67-52-48(73)30-62(36-69,86-56(52)54(77)50(75)32-65-59(80)43-13-7-39(8-14-43)45-19-27-90-34-45)84-22-4-26-89-29-21-64-58(79)42-17-11-41(12-18-42)47(72)6-3-24-88-25-5-23-85-63(61(82)83)31-49(74)53(68-38(2)71)57(87-63)55(78)51(76)33-66-60(81)44-15-9-40(10-16-44)46-20-28-91-35-46/h7-20,27-28,34-36,48-57,73-78H,3-6,21-26,29-33H2,1-2H3,(H,64,79)(H,65,80)(H,66,81)(H,67,70)(H,68,71)(H,82,83)/t48-,49-,50+,51+,52+,53+,54+,55+,56+,57+,62+,63+/m0/s1. The smallest absolute Gasteiger partial charge is 0.364 e. The topological polar surface area (TPSA) is 375 Å². The highest BCUT2D eigenvalue weighted by atomic mass is 32.2. The van der Waals surface area contributed by atoms with Gasteiger partial charge in [-0.25, -0.2) is 4.79 Å². The van der Waals surface area contributed by atoms with Crippen LogP contribution in [-0.2, 0) is 38.1 Å². The van der Waals surface area contributed by atoms with E-state index < -0.39 is 128 Å². The van der Waals surface area contributed by atoms with Crippen molar-refractivity contribution in [2.45, 2.75) is 125 Å². The first-order valence-electron chi connectivity index (χ1n) is 29.5. The van der Waals surface area contributed by atoms with Crippen molar-refractivity contribution in [2.75, 3.05) is 55.9 Å². The van der Waals surface area contributed by atoms with Gasteiger partial charge in [-0.15, -0.1) is 0 Å². The summed E-state index contributed by atoms with van der Waals surface area (Å²) in [4.78, 5) is 101. The van der Waals surface area contributed by atoms with E-state index in [1.165, 1.54) is 41.8 Å². The number of aldehydes is 1. The molecule has 0 unspecified atom stereocenters. The Morgan fingerprint density at radius 2 is 1.02 bits per heavy atom. The van der Waals surface area contributed by atoms with Gasteiger partial charge in [0.25, 0.3) is 23.5 Å². The van der Waals surface area contributed by atoms with E-state index in [0.29, 0.717) is 71.8 Å². The molecule has 2 saturated heterocycles. The largest absolute Gasteiger partial charge is 0.477 e. The number of thioether (sulfide) groups is 2. The molecule has 3 aromatic carbocycles. The Kier molecular flexibility index (Phi) is 27.7. The van der Waals surface area contributed by atoms with Crippen molar-refractivity contribution in [3.8, 4) is 22.3 Å². The third-order valence-electron chi connectivity index (χ3n) is 15.1. The monoisotopic (exact) mass is 1340 g/mol. The minimum atomic E-state index is -2.47. The van der Waals surface area contributed by atoms with Crippen molar-refractivity contribution in [2.24, 2.45) is 0 Å². The predicted molar refractivity (Wildman–Crippen MR) is 342 cm³/mol. The number of rotatable bonds is 35. The second kappa shape index (κ2) is 35.0. The third kappa shape index (κ3) is 20.5. The van der Waals surface area contributed by atoms with Crippen molar-refractivity contribution in [3.05, 3.63) is 129 Å². The number of amides is 5. The summed E-state index contributed by atoms with van der Waals surface area (Å²) in [7, 11) is 0. The van der Waals surface area contributed by atoms with Crippen LogP contribution in [0, 0.1) is 0 Å². The molecule has 0 bridgehead atoms. The molecule has 2 fully saturated rings. The zero-order chi connectivity index (χ0) is 65.7. The number of nitrogens with one attached hydrogen (secondary N) is 5. The number of ketones is 1. The van der Waals surface area contributed by atoms with Crippen LogP contribution in [0.4, 0.5) is 0 Å². The first-order chi connectivity index (χ1) is 43.6. The SMILES string of the molecule is CC(=O)N[C@H]1[C@H]([C@H](O)[C@H](O)CNC(=O)c2ccc(-c3ccsc3)cc2)O[C@](C=O)(OCCCSCCNC(=O)c2ccc(C(=O)CCCSCCCO[C@]3(C(=O)O)C[C@H](O)[C@@H](NC(C)=O)[C@H]([C@H](O)[C@H](O)CNC(=O)c4ccc(-c5ccsc5)cc4)O3)cc2)C[C@@H]1O. The molecule has 12 atom stereocenters. The molecule has 12 N–H and O–H groups in total. The number of carboxylic acids is 1. The van der Waals surface area contributed by atoms with Gasteiger partial charge in [0.15, 0.2) is 12.1 Å². The minimum Gasteiger partial charge on any atom is -0.477 e. The van der Waals surface area contributed by atoms with Gasteiger partial charge in [0.2, 0.25) is 17.6 Å².